The average Bonchev–Trinajstić information content (AvgIpc) is 3.20. The topological polar surface area (TPSA) is 107 Å². The van der Waals surface area contributed by atoms with Crippen LogP contribution in [0.4, 0.5) is 17.6 Å². The number of hydrogen-bond acceptors (Lipinski definition) is 7. The number of pyridine rings is 1. The van der Waals surface area contributed by atoms with Gasteiger partial charge in [-0.05, 0) is 25.0 Å². The summed E-state index contributed by atoms with van der Waals surface area (Å²) in [7, 11) is 1.84. The Morgan fingerprint density at radius 2 is 2.12 bits per heavy atom. The second-order valence-corrected chi connectivity index (χ2v) is 6.54. The summed E-state index contributed by atoms with van der Waals surface area (Å²) >= 11 is 5.88. The molecule has 3 aromatic rings. The molecule has 4 rings (SSSR count). The van der Waals surface area contributed by atoms with Gasteiger partial charge in [0.1, 0.15) is 11.6 Å². The number of aromatic nitrogens is 5. The van der Waals surface area contributed by atoms with E-state index in [1.807, 2.05) is 7.05 Å². The van der Waals surface area contributed by atoms with Gasteiger partial charge >= 0.3 is 0 Å². The van der Waals surface area contributed by atoms with E-state index >= 15 is 0 Å². The maximum Gasteiger partial charge on any atom is 0.226 e. The van der Waals surface area contributed by atoms with Crippen LogP contribution in [0.2, 0.25) is 5.02 Å². The molecule has 0 amide bonds. The van der Waals surface area contributed by atoms with Crippen LogP contribution in [0.25, 0.3) is 11.0 Å². The zero-order chi connectivity index (χ0) is 16.7. The third-order valence-corrected chi connectivity index (χ3v) is 4.28. The van der Waals surface area contributed by atoms with E-state index in [4.69, 9.17) is 17.3 Å². The Hall–Kier alpha value is -2.45. The normalized spacial score (nSPS) is 15.5. The van der Waals surface area contributed by atoms with Gasteiger partial charge in [0, 0.05) is 25.3 Å². The fourth-order valence-corrected chi connectivity index (χ4v) is 2.47. The minimum Gasteiger partial charge on any atom is -0.352 e. The van der Waals surface area contributed by atoms with Crippen molar-refractivity contribution in [2.45, 2.75) is 18.4 Å². The lowest BCUT2D eigenvalue weighted by molar-refractivity contribution is 0.708. The Morgan fingerprint density at radius 3 is 2.83 bits per heavy atom. The lowest BCUT2D eigenvalue weighted by atomic mass is 10.3. The van der Waals surface area contributed by atoms with E-state index < -0.39 is 0 Å². The van der Waals surface area contributed by atoms with Gasteiger partial charge in [0.15, 0.2) is 5.65 Å². The predicted octanol–water partition coefficient (Wildman–Crippen LogP) is 2.06. The Balaban J connectivity index is 1.67. The number of hydrogen-bond donors (Lipinski definition) is 3. The summed E-state index contributed by atoms with van der Waals surface area (Å²) in [5, 5.41) is 12.1. The van der Waals surface area contributed by atoms with Crippen molar-refractivity contribution >= 4 is 40.2 Å². The van der Waals surface area contributed by atoms with Crippen LogP contribution in [-0.2, 0) is 7.05 Å². The summed E-state index contributed by atoms with van der Waals surface area (Å²) in [5.41, 5.74) is 6.72. The predicted molar refractivity (Wildman–Crippen MR) is 93.5 cm³/mol. The number of nitrogens with two attached hydrogens (primary N) is 1. The van der Waals surface area contributed by atoms with Crippen molar-refractivity contribution in [3.05, 3.63) is 29.5 Å². The first-order valence-corrected chi connectivity index (χ1v) is 8.01. The van der Waals surface area contributed by atoms with Crippen molar-refractivity contribution in [2.24, 2.45) is 12.8 Å². The fourth-order valence-electron chi connectivity index (χ4n) is 2.36. The zero-order valence-electron chi connectivity index (χ0n) is 13.1. The lowest BCUT2D eigenvalue weighted by Gasteiger charge is -2.12. The van der Waals surface area contributed by atoms with Crippen LogP contribution in [0.5, 0.6) is 0 Å². The highest BCUT2D eigenvalue weighted by Crippen LogP contribution is 2.32. The summed E-state index contributed by atoms with van der Waals surface area (Å²) in [6, 6.07) is 3.56. The van der Waals surface area contributed by atoms with Crippen molar-refractivity contribution in [3.63, 3.8) is 0 Å². The summed E-state index contributed by atoms with van der Waals surface area (Å²) in [6.07, 6.45) is 5.35. The molecule has 0 radical (unpaired) electrons. The highest BCUT2D eigenvalue weighted by atomic mass is 35.5. The van der Waals surface area contributed by atoms with E-state index in [1.54, 1.807) is 29.2 Å². The third-order valence-electron chi connectivity index (χ3n) is 4.06. The maximum atomic E-state index is 6.12. The van der Waals surface area contributed by atoms with Crippen LogP contribution in [0.15, 0.2) is 24.5 Å². The highest BCUT2D eigenvalue weighted by Gasteiger charge is 2.38. The van der Waals surface area contributed by atoms with Gasteiger partial charge in [0.25, 0.3) is 0 Å². The van der Waals surface area contributed by atoms with Crippen molar-refractivity contribution in [3.8, 4) is 0 Å². The van der Waals surface area contributed by atoms with E-state index in [1.165, 1.54) is 0 Å². The molecule has 0 atom stereocenters. The minimum absolute atomic E-state index is 0.129. The SMILES string of the molecule is Cn1ncc2c(Nc3ccc(Cl)cn3)nc(NCC3(N)CC3)nc21. The second kappa shape index (κ2) is 5.57. The number of anilines is 3. The standard InChI is InChI=1S/C15H17ClN8/c1-24-13-10(7-20-24)12(21-11-3-2-9(16)6-18-11)22-14(23-13)19-8-15(17)4-5-15/h2-3,6-7H,4-5,8,17H2,1H3,(H2,18,19,21,22,23). The molecule has 24 heavy (non-hydrogen) atoms. The van der Waals surface area contributed by atoms with Gasteiger partial charge in [0.05, 0.1) is 16.6 Å². The van der Waals surface area contributed by atoms with Gasteiger partial charge < -0.3 is 16.4 Å². The average molecular weight is 345 g/mol. The number of fused-ring (bicyclic) bond motifs is 1. The molecule has 1 aliphatic carbocycles. The molecule has 8 nitrogen and oxygen atoms in total. The third kappa shape index (κ3) is 2.98. The number of nitrogens with one attached hydrogen (secondary N) is 2. The van der Waals surface area contributed by atoms with Gasteiger partial charge in [-0.25, -0.2) is 4.98 Å². The molecule has 0 unspecified atom stereocenters. The van der Waals surface area contributed by atoms with Crippen LogP contribution in [-0.4, -0.2) is 36.8 Å². The number of rotatable bonds is 5. The van der Waals surface area contributed by atoms with Crippen LogP contribution in [0.1, 0.15) is 12.8 Å². The molecule has 1 aliphatic rings. The van der Waals surface area contributed by atoms with E-state index in [2.05, 4.69) is 30.7 Å². The molecule has 4 N–H and O–H groups in total. The smallest absolute Gasteiger partial charge is 0.226 e. The van der Waals surface area contributed by atoms with Gasteiger partial charge in [0.2, 0.25) is 5.95 Å². The quantitative estimate of drug-likeness (QED) is 0.650. The molecular weight excluding hydrogens is 328 g/mol. The van der Waals surface area contributed by atoms with Crippen LogP contribution in [0, 0.1) is 0 Å². The van der Waals surface area contributed by atoms with Crippen LogP contribution in [0.3, 0.4) is 0 Å². The minimum atomic E-state index is -0.129. The molecule has 0 aromatic carbocycles. The van der Waals surface area contributed by atoms with E-state index in [0.29, 0.717) is 29.2 Å². The largest absolute Gasteiger partial charge is 0.352 e. The summed E-state index contributed by atoms with van der Waals surface area (Å²) in [6.45, 7) is 0.648. The molecule has 0 aliphatic heterocycles. The fraction of sp³-hybridized carbons (Fsp3) is 0.333. The van der Waals surface area contributed by atoms with Crippen molar-refractivity contribution < 1.29 is 0 Å². The van der Waals surface area contributed by atoms with E-state index in [0.717, 1.165) is 23.9 Å². The summed E-state index contributed by atoms with van der Waals surface area (Å²) in [4.78, 5) is 13.3. The van der Waals surface area contributed by atoms with Gasteiger partial charge in [-0.15, -0.1) is 0 Å². The lowest BCUT2D eigenvalue weighted by Crippen LogP contribution is -2.31. The second-order valence-electron chi connectivity index (χ2n) is 6.10. The number of aryl methyl sites for hydroxylation is 1. The van der Waals surface area contributed by atoms with Crippen LogP contribution >= 0.6 is 11.6 Å². The molecule has 9 heteroatoms. The molecule has 3 aromatic heterocycles. The summed E-state index contributed by atoms with van der Waals surface area (Å²) < 4.78 is 1.71. The van der Waals surface area contributed by atoms with Gasteiger partial charge in [-0.1, -0.05) is 11.6 Å². The van der Waals surface area contributed by atoms with Gasteiger partial charge in [-0.3, -0.25) is 4.68 Å². The molecule has 0 spiro atoms. The van der Waals surface area contributed by atoms with Gasteiger partial charge in [-0.2, -0.15) is 15.1 Å². The van der Waals surface area contributed by atoms with E-state index in [-0.39, 0.29) is 5.54 Å². The molecule has 3 heterocycles. The van der Waals surface area contributed by atoms with Crippen LogP contribution < -0.4 is 16.4 Å². The number of nitrogens with zero attached hydrogens (tertiary/aromatic N) is 5. The molecule has 0 bridgehead atoms. The van der Waals surface area contributed by atoms with Crippen molar-refractivity contribution in [2.75, 3.05) is 17.2 Å². The Bertz CT molecular complexity index is 884. The first kappa shape index (κ1) is 15.1. The molecule has 0 saturated heterocycles. The summed E-state index contributed by atoms with van der Waals surface area (Å²) in [5.74, 6) is 1.79. The molecule has 1 saturated carbocycles. The first-order valence-electron chi connectivity index (χ1n) is 7.64. The Morgan fingerprint density at radius 1 is 1.29 bits per heavy atom. The van der Waals surface area contributed by atoms with Crippen molar-refractivity contribution in [1.82, 2.24) is 24.7 Å². The zero-order valence-corrected chi connectivity index (χ0v) is 13.9. The highest BCUT2D eigenvalue weighted by molar-refractivity contribution is 6.30. The molecular formula is C15H17ClN8. The first-order chi connectivity index (χ1) is 11.5. The maximum absolute atomic E-state index is 6.12. The molecule has 1 fully saturated rings. The Labute approximate surface area is 143 Å². The van der Waals surface area contributed by atoms with E-state index in [9.17, 15) is 0 Å². The number of halogens is 1. The Kier molecular flexibility index (Phi) is 3.50. The van der Waals surface area contributed by atoms with Crippen molar-refractivity contribution in [1.29, 1.82) is 0 Å². The molecule has 124 valence electrons. The monoisotopic (exact) mass is 344 g/mol.